The molecule has 5 heteroatoms. The average molecular weight is 349 g/mol. The Morgan fingerprint density at radius 3 is 2.62 bits per heavy atom. The van der Waals surface area contributed by atoms with Gasteiger partial charge in [0.1, 0.15) is 0 Å². The number of hydrogen-bond acceptors (Lipinski definition) is 3. The maximum Gasteiger partial charge on any atom is 0.274 e. The summed E-state index contributed by atoms with van der Waals surface area (Å²) in [5.74, 6) is 0. The highest BCUT2D eigenvalue weighted by Crippen LogP contribution is 2.29. The van der Waals surface area contributed by atoms with Crippen molar-refractivity contribution in [2.45, 2.75) is 26.3 Å². The highest BCUT2D eigenvalue weighted by molar-refractivity contribution is 9.10. The lowest BCUT2D eigenvalue weighted by Gasteiger charge is -2.17. The van der Waals surface area contributed by atoms with Crippen LogP contribution in [0, 0.1) is 10.1 Å². The molecule has 0 saturated carbocycles. The van der Waals surface area contributed by atoms with Gasteiger partial charge in [0.2, 0.25) is 0 Å². The molecule has 1 N–H and O–H groups in total. The smallest absolute Gasteiger partial charge is 0.274 e. The number of rotatable bonds is 5. The topological polar surface area (TPSA) is 55.2 Å². The van der Waals surface area contributed by atoms with E-state index >= 15 is 0 Å². The van der Waals surface area contributed by atoms with E-state index in [0.717, 1.165) is 21.3 Å². The van der Waals surface area contributed by atoms with Gasteiger partial charge in [0.15, 0.2) is 0 Å². The molecule has 2 aromatic carbocycles. The van der Waals surface area contributed by atoms with Crippen molar-refractivity contribution in [3.63, 3.8) is 0 Å². The first-order chi connectivity index (χ1) is 10.0. The lowest BCUT2D eigenvalue weighted by molar-refractivity contribution is -0.385. The minimum absolute atomic E-state index is 0.0488. The van der Waals surface area contributed by atoms with Crippen LogP contribution < -0.4 is 5.32 Å². The lowest BCUT2D eigenvalue weighted by Crippen LogP contribution is -2.08. The zero-order valence-electron chi connectivity index (χ0n) is 12.0. The summed E-state index contributed by atoms with van der Waals surface area (Å²) >= 11 is 3.52. The maximum atomic E-state index is 11.1. The van der Waals surface area contributed by atoms with Crippen molar-refractivity contribution < 1.29 is 4.92 Å². The van der Waals surface area contributed by atoms with Gasteiger partial charge in [-0.2, -0.15) is 0 Å². The number of halogens is 1. The van der Waals surface area contributed by atoms with Crippen molar-refractivity contribution in [1.29, 1.82) is 0 Å². The number of benzene rings is 2. The second kappa shape index (κ2) is 6.72. The summed E-state index contributed by atoms with van der Waals surface area (Å²) in [5.41, 5.74) is 2.78. The third-order valence-electron chi connectivity index (χ3n) is 3.42. The van der Waals surface area contributed by atoms with E-state index in [4.69, 9.17) is 0 Å². The fourth-order valence-corrected chi connectivity index (χ4v) is 2.90. The molecule has 0 spiro atoms. The van der Waals surface area contributed by atoms with Gasteiger partial charge in [-0.05, 0) is 31.0 Å². The Morgan fingerprint density at radius 1 is 1.29 bits per heavy atom. The van der Waals surface area contributed by atoms with E-state index < -0.39 is 0 Å². The number of nitrogens with zero attached hydrogens (tertiary/aromatic N) is 1. The SMILES string of the molecule is CCc1ccc(NC(C)c2ccccc2Br)cc1[N+](=O)[O-]. The fraction of sp³-hybridized carbons (Fsp3) is 0.250. The van der Waals surface area contributed by atoms with Gasteiger partial charge < -0.3 is 5.32 Å². The number of aryl methyl sites for hydroxylation is 1. The number of hydrogen-bond donors (Lipinski definition) is 1. The Bertz CT molecular complexity index is 658. The summed E-state index contributed by atoms with van der Waals surface area (Å²) in [7, 11) is 0. The molecule has 0 fully saturated rings. The van der Waals surface area contributed by atoms with Gasteiger partial charge in [0.25, 0.3) is 5.69 Å². The molecular formula is C16H17BrN2O2. The van der Waals surface area contributed by atoms with Crippen molar-refractivity contribution in [2.75, 3.05) is 5.32 Å². The molecule has 0 heterocycles. The van der Waals surface area contributed by atoms with Gasteiger partial charge in [-0.1, -0.05) is 47.1 Å². The number of anilines is 1. The quantitative estimate of drug-likeness (QED) is 0.604. The van der Waals surface area contributed by atoms with Crippen molar-refractivity contribution in [3.05, 3.63) is 68.2 Å². The Hall–Kier alpha value is -1.88. The Kier molecular flexibility index (Phi) is 4.96. The van der Waals surface area contributed by atoms with E-state index in [1.54, 1.807) is 6.07 Å². The molecule has 4 nitrogen and oxygen atoms in total. The summed E-state index contributed by atoms with van der Waals surface area (Å²) in [6.45, 7) is 3.94. The van der Waals surface area contributed by atoms with E-state index in [1.165, 1.54) is 0 Å². The Labute approximate surface area is 132 Å². The maximum absolute atomic E-state index is 11.1. The minimum atomic E-state index is -0.326. The average Bonchev–Trinajstić information content (AvgIpc) is 2.47. The number of nitrogens with one attached hydrogen (secondary N) is 1. The third-order valence-corrected chi connectivity index (χ3v) is 4.14. The molecule has 0 aliphatic rings. The van der Waals surface area contributed by atoms with Crippen molar-refractivity contribution in [3.8, 4) is 0 Å². The van der Waals surface area contributed by atoms with E-state index in [0.29, 0.717) is 6.42 Å². The van der Waals surface area contributed by atoms with Crippen LogP contribution in [0.15, 0.2) is 46.9 Å². The molecule has 0 bridgehead atoms. The molecule has 110 valence electrons. The molecule has 0 radical (unpaired) electrons. The van der Waals surface area contributed by atoms with Gasteiger partial charge >= 0.3 is 0 Å². The molecule has 0 aliphatic carbocycles. The number of nitro benzene ring substituents is 1. The minimum Gasteiger partial charge on any atom is -0.378 e. The van der Waals surface area contributed by atoms with Crippen molar-refractivity contribution in [2.24, 2.45) is 0 Å². The summed E-state index contributed by atoms with van der Waals surface area (Å²) in [6.07, 6.45) is 0.649. The van der Waals surface area contributed by atoms with Crippen molar-refractivity contribution >= 4 is 27.3 Å². The zero-order chi connectivity index (χ0) is 15.4. The zero-order valence-corrected chi connectivity index (χ0v) is 13.6. The Morgan fingerprint density at radius 2 is 2.00 bits per heavy atom. The molecular weight excluding hydrogens is 332 g/mol. The van der Waals surface area contributed by atoms with Crippen LogP contribution in [0.2, 0.25) is 0 Å². The molecule has 21 heavy (non-hydrogen) atoms. The normalized spacial score (nSPS) is 12.0. The number of nitro groups is 1. The molecule has 0 aromatic heterocycles. The second-order valence-electron chi connectivity index (χ2n) is 4.84. The lowest BCUT2D eigenvalue weighted by atomic mass is 10.1. The first-order valence-corrected chi connectivity index (χ1v) is 7.60. The summed E-state index contributed by atoms with van der Waals surface area (Å²) < 4.78 is 1.02. The molecule has 0 saturated heterocycles. The monoisotopic (exact) mass is 348 g/mol. The van der Waals surface area contributed by atoms with Crippen LogP contribution in [0.4, 0.5) is 11.4 Å². The highest BCUT2D eigenvalue weighted by Gasteiger charge is 2.15. The molecule has 1 atom stereocenters. The van der Waals surface area contributed by atoms with Crippen LogP contribution >= 0.6 is 15.9 Å². The molecule has 2 rings (SSSR count). The van der Waals surface area contributed by atoms with Gasteiger partial charge in [-0.25, -0.2) is 0 Å². The van der Waals surface area contributed by atoms with Crippen LogP contribution in [0.3, 0.4) is 0 Å². The standard InChI is InChI=1S/C16H17BrN2O2/c1-3-12-8-9-13(10-16(12)19(20)21)18-11(2)14-6-4-5-7-15(14)17/h4-11,18H,3H2,1-2H3. The van der Waals surface area contributed by atoms with Gasteiger partial charge in [-0.15, -0.1) is 0 Å². The first kappa shape index (κ1) is 15.5. The van der Waals surface area contributed by atoms with Gasteiger partial charge in [0.05, 0.1) is 4.92 Å². The summed E-state index contributed by atoms with van der Waals surface area (Å²) in [4.78, 5) is 10.8. The van der Waals surface area contributed by atoms with E-state index in [2.05, 4.69) is 21.2 Å². The predicted molar refractivity (Wildman–Crippen MR) is 88.7 cm³/mol. The molecule has 1 unspecified atom stereocenters. The van der Waals surface area contributed by atoms with Gasteiger partial charge in [0, 0.05) is 27.8 Å². The molecule has 0 aliphatic heterocycles. The largest absolute Gasteiger partial charge is 0.378 e. The van der Waals surface area contributed by atoms with Crippen LogP contribution in [-0.2, 0) is 6.42 Å². The van der Waals surface area contributed by atoms with Crippen LogP contribution in [0.5, 0.6) is 0 Å². The van der Waals surface area contributed by atoms with Crippen LogP contribution in [-0.4, -0.2) is 4.92 Å². The second-order valence-corrected chi connectivity index (χ2v) is 5.70. The highest BCUT2D eigenvalue weighted by atomic mass is 79.9. The van der Waals surface area contributed by atoms with E-state index in [9.17, 15) is 10.1 Å². The van der Waals surface area contributed by atoms with Crippen molar-refractivity contribution in [1.82, 2.24) is 0 Å². The molecule has 2 aromatic rings. The predicted octanol–water partition coefficient (Wildman–Crippen LogP) is 5.09. The van der Waals surface area contributed by atoms with Crippen LogP contribution in [0.25, 0.3) is 0 Å². The Balaban J connectivity index is 2.26. The fourth-order valence-electron chi connectivity index (χ4n) is 2.28. The van der Waals surface area contributed by atoms with E-state index in [-0.39, 0.29) is 16.7 Å². The van der Waals surface area contributed by atoms with E-state index in [1.807, 2.05) is 50.2 Å². The first-order valence-electron chi connectivity index (χ1n) is 6.81. The van der Waals surface area contributed by atoms with Gasteiger partial charge in [-0.3, -0.25) is 10.1 Å². The summed E-state index contributed by atoms with van der Waals surface area (Å²) in [5, 5.41) is 14.4. The third kappa shape index (κ3) is 3.61. The molecule has 0 amide bonds. The van der Waals surface area contributed by atoms with Crippen LogP contribution in [0.1, 0.15) is 31.0 Å². The summed E-state index contributed by atoms with van der Waals surface area (Å²) in [6, 6.07) is 13.3.